The van der Waals surface area contributed by atoms with Gasteiger partial charge in [-0.1, -0.05) is 0 Å². The van der Waals surface area contributed by atoms with Crippen molar-refractivity contribution in [1.82, 2.24) is 0 Å². The molecule has 0 radical (unpaired) electrons. The number of rotatable bonds is 5. The van der Waals surface area contributed by atoms with Crippen LogP contribution in [0.1, 0.15) is 37.7 Å². The summed E-state index contributed by atoms with van der Waals surface area (Å²) in [5, 5.41) is 0. The van der Waals surface area contributed by atoms with Crippen molar-refractivity contribution >= 4 is 7.82 Å². The molecular formula is C19H23Na2O8P. The maximum atomic E-state index is 11.1. The molecule has 154 valence electrons. The van der Waals surface area contributed by atoms with Crippen LogP contribution in [0, 0.1) is 23.7 Å². The fourth-order valence-corrected chi connectivity index (χ4v) is 6.78. The van der Waals surface area contributed by atoms with E-state index < -0.39 is 19.2 Å². The van der Waals surface area contributed by atoms with Crippen molar-refractivity contribution in [3.05, 3.63) is 23.8 Å². The molecule has 5 fully saturated rings. The average Bonchev–Trinajstić information content (AvgIpc) is 2.59. The second kappa shape index (κ2) is 8.90. The van der Waals surface area contributed by atoms with Crippen LogP contribution in [0.5, 0.6) is 11.5 Å². The van der Waals surface area contributed by atoms with Crippen molar-refractivity contribution in [2.24, 2.45) is 23.7 Å². The van der Waals surface area contributed by atoms with E-state index in [0.29, 0.717) is 23.1 Å². The Morgan fingerprint density at radius 1 is 0.933 bits per heavy atom. The van der Waals surface area contributed by atoms with Crippen LogP contribution in [0.25, 0.3) is 0 Å². The molecule has 0 amide bonds. The Kier molecular flexibility index (Phi) is 7.55. The van der Waals surface area contributed by atoms with Gasteiger partial charge in [-0.05, 0) is 67.9 Å². The number of ether oxygens (including phenoxy) is 2. The van der Waals surface area contributed by atoms with Crippen LogP contribution in [0.3, 0.4) is 0 Å². The van der Waals surface area contributed by atoms with Crippen LogP contribution in [0.2, 0.25) is 0 Å². The molecule has 30 heavy (non-hydrogen) atoms. The standard InChI is InChI=1S/C19H25O8P.2Na/c1-23-16-8-15(9-17(10-16)25-28(20,21)22)19(24-2)18(26-27-19)13-4-11-3-12(6-13)7-14(18)5-11;;/h8-14H,3-7H2,1-2H3,(H2,20,21,22);;/q;2*+1/p-2. The SMILES string of the molecule is COc1cc(OP(=O)([O-])[O-])cc(C2(OC)OOC23C2CC4CC(C2)CC3C4)c1.[Na+].[Na+]. The third-order valence-corrected chi connectivity index (χ3v) is 7.60. The van der Waals surface area contributed by atoms with E-state index in [1.807, 2.05) is 0 Å². The average molecular weight is 456 g/mol. The summed E-state index contributed by atoms with van der Waals surface area (Å²) in [6.07, 6.45) is 5.59. The molecule has 1 spiro atoms. The Bertz CT molecular complexity index is 814. The zero-order chi connectivity index (χ0) is 19.7. The zero-order valence-electron chi connectivity index (χ0n) is 17.8. The minimum absolute atomic E-state index is 0. The summed E-state index contributed by atoms with van der Waals surface area (Å²) >= 11 is 0. The Morgan fingerprint density at radius 3 is 1.93 bits per heavy atom. The van der Waals surface area contributed by atoms with Crippen LogP contribution in [0.4, 0.5) is 0 Å². The number of hydrogen-bond acceptors (Lipinski definition) is 8. The molecule has 1 unspecified atom stereocenters. The summed E-state index contributed by atoms with van der Waals surface area (Å²) in [7, 11) is -2.21. The van der Waals surface area contributed by atoms with Crippen molar-refractivity contribution < 1.29 is 97.2 Å². The Morgan fingerprint density at radius 2 is 1.50 bits per heavy atom. The molecule has 1 atom stereocenters. The molecule has 0 N–H and O–H groups in total. The summed E-state index contributed by atoms with van der Waals surface area (Å²) in [4.78, 5) is 33.8. The zero-order valence-corrected chi connectivity index (χ0v) is 22.7. The monoisotopic (exact) mass is 456 g/mol. The number of phosphoric ester groups is 1. The summed E-state index contributed by atoms with van der Waals surface area (Å²) in [6, 6.07) is 4.52. The van der Waals surface area contributed by atoms with E-state index in [0.717, 1.165) is 37.5 Å². The van der Waals surface area contributed by atoms with Gasteiger partial charge in [-0.2, -0.15) is 4.89 Å². The first-order valence-corrected chi connectivity index (χ1v) is 11.1. The fourth-order valence-electron chi connectivity index (χ4n) is 6.42. The third-order valence-electron chi connectivity index (χ3n) is 7.16. The number of benzene rings is 1. The molecule has 1 aliphatic heterocycles. The Balaban J connectivity index is 0.00000128. The van der Waals surface area contributed by atoms with E-state index in [4.69, 9.17) is 19.2 Å². The molecule has 1 heterocycles. The van der Waals surface area contributed by atoms with Gasteiger partial charge in [-0.3, -0.25) is 0 Å². The van der Waals surface area contributed by atoms with E-state index in [-0.39, 0.29) is 64.9 Å². The van der Waals surface area contributed by atoms with Crippen molar-refractivity contribution in [2.75, 3.05) is 14.2 Å². The smallest absolute Gasteiger partial charge is 0.780 e. The molecular weight excluding hydrogens is 433 g/mol. The van der Waals surface area contributed by atoms with Gasteiger partial charge in [-0.25, -0.2) is 4.89 Å². The Hall–Kier alpha value is 0.850. The summed E-state index contributed by atoms with van der Waals surface area (Å²) in [5.74, 6) is 1.07. The maximum Gasteiger partial charge on any atom is 1.00 e. The minimum Gasteiger partial charge on any atom is -0.780 e. The largest absolute Gasteiger partial charge is 1.00 e. The number of phosphoric acid groups is 1. The van der Waals surface area contributed by atoms with Crippen molar-refractivity contribution in [1.29, 1.82) is 0 Å². The summed E-state index contributed by atoms with van der Waals surface area (Å²) in [6.45, 7) is 0. The van der Waals surface area contributed by atoms with Crippen LogP contribution in [0.15, 0.2) is 18.2 Å². The molecule has 11 heteroatoms. The Labute approximate surface area is 220 Å². The number of methoxy groups -OCH3 is 2. The van der Waals surface area contributed by atoms with Gasteiger partial charge in [0.2, 0.25) is 0 Å². The number of hydrogen-bond donors (Lipinski definition) is 0. The van der Waals surface area contributed by atoms with Crippen LogP contribution < -0.4 is 78.2 Å². The van der Waals surface area contributed by atoms with Gasteiger partial charge in [0.25, 0.3) is 5.79 Å². The fraction of sp³-hybridized carbons (Fsp3) is 0.684. The third kappa shape index (κ3) is 3.79. The van der Waals surface area contributed by atoms with Gasteiger partial charge in [0.15, 0.2) is 5.60 Å². The topological polar surface area (TPSA) is 109 Å². The predicted octanol–water partition coefficient (Wildman–Crippen LogP) is -4.13. The van der Waals surface area contributed by atoms with Crippen molar-refractivity contribution in [3.63, 3.8) is 0 Å². The quantitative estimate of drug-likeness (QED) is 0.250. The molecule has 5 aliphatic rings. The van der Waals surface area contributed by atoms with E-state index in [1.54, 1.807) is 13.2 Å². The first-order chi connectivity index (χ1) is 13.3. The molecule has 4 aliphatic carbocycles. The van der Waals surface area contributed by atoms with Crippen molar-refractivity contribution in [2.45, 2.75) is 43.5 Å². The summed E-state index contributed by atoms with van der Waals surface area (Å²) < 4.78 is 27.0. The van der Waals surface area contributed by atoms with E-state index in [9.17, 15) is 14.4 Å². The van der Waals surface area contributed by atoms with Gasteiger partial charge in [0.05, 0.1) is 7.11 Å². The molecule has 1 aromatic carbocycles. The van der Waals surface area contributed by atoms with Gasteiger partial charge < -0.3 is 28.3 Å². The molecule has 6 rings (SSSR count). The van der Waals surface area contributed by atoms with Gasteiger partial charge in [0.1, 0.15) is 19.3 Å². The van der Waals surface area contributed by atoms with E-state index in [1.165, 1.54) is 25.7 Å². The molecule has 4 bridgehead atoms. The van der Waals surface area contributed by atoms with Gasteiger partial charge >= 0.3 is 59.1 Å². The molecule has 0 aromatic heterocycles. The first kappa shape index (κ1) is 25.5. The van der Waals surface area contributed by atoms with E-state index >= 15 is 0 Å². The van der Waals surface area contributed by atoms with Crippen LogP contribution in [-0.2, 0) is 24.9 Å². The van der Waals surface area contributed by atoms with Gasteiger partial charge in [-0.15, -0.1) is 0 Å². The molecule has 8 nitrogen and oxygen atoms in total. The minimum atomic E-state index is -5.22. The van der Waals surface area contributed by atoms with Crippen molar-refractivity contribution in [3.8, 4) is 11.5 Å². The van der Waals surface area contributed by atoms with E-state index in [2.05, 4.69) is 4.52 Å². The maximum absolute atomic E-state index is 11.1. The molecule has 4 saturated carbocycles. The van der Waals surface area contributed by atoms with Gasteiger partial charge in [0, 0.05) is 18.7 Å². The molecule has 1 aromatic rings. The second-order valence-corrected chi connectivity index (χ2v) is 9.60. The summed E-state index contributed by atoms with van der Waals surface area (Å²) in [5.41, 5.74) is -0.103. The first-order valence-electron chi connectivity index (χ1n) is 9.63. The van der Waals surface area contributed by atoms with Crippen LogP contribution >= 0.6 is 7.82 Å². The molecule has 1 saturated heterocycles. The van der Waals surface area contributed by atoms with Crippen LogP contribution in [-0.4, -0.2) is 19.8 Å². The predicted molar refractivity (Wildman–Crippen MR) is 91.9 cm³/mol. The normalized spacial score (nSPS) is 38.4. The second-order valence-electron chi connectivity index (χ2n) is 8.52.